The van der Waals surface area contributed by atoms with Crippen molar-refractivity contribution in [3.8, 4) is 0 Å². The van der Waals surface area contributed by atoms with E-state index in [2.05, 4.69) is 25.9 Å². The van der Waals surface area contributed by atoms with Crippen molar-refractivity contribution >= 4 is 0 Å². The Morgan fingerprint density at radius 2 is 1.80 bits per heavy atom. The molecular formula is C8H17NO. The highest BCUT2D eigenvalue weighted by atomic mass is 16.3. The lowest BCUT2D eigenvalue weighted by atomic mass is 9.90. The third kappa shape index (κ3) is 7.60. The molecule has 0 aliphatic rings. The van der Waals surface area contributed by atoms with Gasteiger partial charge in [-0.2, -0.15) is 4.91 Å². The van der Waals surface area contributed by atoms with Gasteiger partial charge in [-0.1, -0.05) is 32.4 Å². The Hall–Kier alpha value is -0.400. The quantitative estimate of drug-likeness (QED) is 0.439. The van der Waals surface area contributed by atoms with E-state index in [0.29, 0.717) is 12.0 Å². The van der Waals surface area contributed by atoms with E-state index >= 15 is 0 Å². The van der Waals surface area contributed by atoms with Crippen molar-refractivity contribution in [2.75, 3.05) is 6.54 Å². The average molecular weight is 143 g/mol. The molecule has 10 heavy (non-hydrogen) atoms. The molecule has 0 aliphatic heterocycles. The monoisotopic (exact) mass is 143 g/mol. The highest BCUT2D eigenvalue weighted by Crippen LogP contribution is 2.21. The molecule has 0 aliphatic carbocycles. The van der Waals surface area contributed by atoms with Crippen LogP contribution in [0.1, 0.15) is 40.0 Å². The van der Waals surface area contributed by atoms with Crippen molar-refractivity contribution < 1.29 is 0 Å². The predicted molar refractivity (Wildman–Crippen MR) is 44.0 cm³/mol. The smallest absolute Gasteiger partial charge is 0.0811 e. The highest BCUT2D eigenvalue weighted by Gasteiger charge is 2.08. The summed E-state index contributed by atoms with van der Waals surface area (Å²) >= 11 is 0. The predicted octanol–water partition coefficient (Wildman–Crippen LogP) is 2.97. The average Bonchev–Trinajstić information content (AvgIpc) is 1.78. The first-order valence-electron chi connectivity index (χ1n) is 3.85. The second-order valence-electron chi connectivity index (χ2n) is 3.87. The van der Waals surface area contributed by atoms with Gasteiger partial charge in [0.1, 0.15) is 0 Å². The van der Waals surface area contributed by atoms with Crippen molar-refractivity contribution in [3.05, 3.63) is 4.91 Å². The molecule has 0 aromatic heterocycles. The van der Waals surface area contributed by atoms with E-state index in [4.69, 9.17) is 0 Å². The lowest BCUT2D eigenvalue weighted by molar-refractivity contribution is 0.361. The van der Waals surface area contributed by atoms with Crippen LogP contribution in [0.3, 0.4) is 0 Å². The molecule has 0 heterocycles. The summed E-state index contributed by atoms with van der Waals surface area (Å²) in [6, 6.07) is 0. The van der Waals surface area contributed by atoms with Crippen LogP contribution in [0.15, 0.2) is 5.18 Å². The SMILES string of the molecule is CC(C)(C)CCCCN=O. The molecule has 0 atom stereocenters. The van der Waals surface area contributed by atoms with E-state index in [0.717, 1.165) is 12.8 Å². The Morgan fingerprint density at radius 1 is 1.20 bits per heavy atom. The fraction of sp³-hybridized carbons (Fsp3) is 1.00. The van der Waals surface area contributed by atoms with Gasteiger partial charge in [-0.25, -0.2) is 0 Å². The minimum atomic E-state index is 0.406. The second kappa shape index (κ2) is 4.42. The van der Waals surface area contributed by atoms with Crippen LogP contribution in [-0.4, -0.2) is 6.54 Å². The summed E-state index contributed by atoms with van der Waals surface area (Å²) in [4.78, 5) is 9.68. The maximum absolute atomic E-state index is 9.68. The molecule has 0 saturated heterocycles. The number of hydrogen-bond donors (Lipinski definition) is 0. The molecule has 0 aromatic rings. The Kier molecular flexibility index (Phi) is 4.24. The van der Waals surface area contributed by atoms with Gasteiger partial charge in [0.25, 0.3) is 0 Å². The van der Waals surface area contributed by atoms with E-state index in [-0.39, 0.29) is 0 Å². The zero-order valence-electron chi connectivity index (χ0n) is 7.18. The van der Waals surface area contributed by atoms with Gasteiger partial charge >= 0.3 is 0 Å². The number of hydrogen-bond acceptors (Lipinski definition) is 2. The van der Waals surface area contributed by atoms with E-state index in [9.17, 15) is 4.91 Å². The number of unbranched alkanes of at least 4 members (excludes halogenated alkanes) is 1. The van der Waals surface area contributed by atoms with E-state index in [1.54, 1.807) is 0 Å². The van der Waals surface area contributed by atoms with Crippen LogP contribution >= 0.6 is 0 Å². The Balaban J connectivity index is 3.12. The summed E-state index contributed by atoms with van der Waals surface area (Å²) in [5.74, 6) is 0. The summed E-state index contributed by atoms with van der Waals surface area (Å²) in [6.45, 7) is 7.11. The van der Waals surface area contributed by atoms with Gasteiger partial charge in [0.05, 0.1) is 6.54 Å². The topological polar surface area (TPSA) is 29.4 Å². The molecular weight excluding hydrogens is 126 g/mol. The zero-order chi connectivity index (χ0) is 8.04. The molecule has 0 radical (unpaired) electrons. The molecule has 0 unspecified atom stereocenters. The normalized spacial score (nSPS) is 11.5. The Morgan fingerprint density at radius 3 is 2.20 bits per heavy atom. The standard InChI is InChI=1S/C8H17NO/c1-8(2,3)6-4-5-7-9-10/h4-7H2,1-3H3. The summed E-state index contributed by atoms with van der Waals surface area (Å²) in [5.41, 5.74) is 0.406. The van der Waals surface area contributed by atoms with E-state index in [1.165, 1.54) is 6.42 Å². The highest BCUT2D eigenvalue weighted by molar-refractivity contribution is 4.61. The van der Waals surface area contributed by atoms with Gasteiger partial charge in [-0.15, -0.1) is 0 Å². The zero-order valence-corrected chi connectivity index (χ0v) is 7.18. The van der Waals surface area contributed by atoms with E-state index in [1.807, 2.05) is 0 Å². The van der Waals surface area contributed by atoms with Gasteiger partial charge in [-0.05, 0) is 18.3 Å². The van der Waals surface area contributed by atoms with Crippen LogP contribution in [0.25, 0.3) is 0 Å². The molecule has 0 amide bonds. The fourth-order valence-electron chi connectivity index (χ4n) is 0.832. The van der Waals surface area contributed by atoms with Crippen LogP contribution in [0.4, 0.5) is 0 Å². The van der Waals surface area contributed by atoms with Crippen molar-refractivity contribution in [2.24, 2.45) is 10.6 Å². The van der Waals surface area contributed by atoms with Gasteiger partial charge < -0.3 is 0 Å². The summed E-state index contributed by atoms with van der Waals surface area (Å²) in [5, 5.41) is 2.81. The Labute approximate surface area is 63.0 Å². The molecule has 0 spiro atoms. The maximum atomic E-state index is 9.68. The van der Waals surface area contributed by atoms with Gasteiger partial charge in [0.15, 0.2) is 0 Å². The first-order chi connectivity index (χ1) is 4.56. The third-order valence-corrected chi connectivity index (χ3v) is 1.43. The van der Waals surface area contributed by atoms with Crippen LogP contribution in [-0.2, 0) is 0 Å². The van der Waals surface area contributed by atoms with Crippen LogP contribution in [0, 0.1) is 10.3 Å². The van der Waals surface area contributed by atoms with Crippen molar-refractivity contribution in [3.63, 3.8) is 0 Å². The lowest BCUT2D eigenvalue weighted by Gasteiger charge is -2.16. The summed E-state index contributed by atoms with van der Waals surface area (Å²) in [6.07, 6.45) is 3.25. The van der Waals surface area contributed by atoms with Crippen molar-refractivity contribution in [1.29, 1.82) is 0 Å². The molecule has 0 bridgehead atoms. The van der Waals surface area contributed by atoms with Gasteiger partial charge in [0, 0.05) is 0 Å². The minimum Gasteiger partial charge on any atom is -0.151 e. The maximum Gasteiger partial charge on any atom is 0.0811 e. The molecule has 0 N–H and O–H groups in total. The number of rotatable bonds is 4. The van der Waals surface area contributed by atoms with E-state index < -0.39 is 0 Å². The van der Waals surface area contributed by atoms with Crippen LogP contribution in [0.5, 0.6) is 0 Å². The Bertz CT molecular complexity index is 93.9. The van der Waals surface area contributed by atoms with Crippen LogP contribution < -0.4 is 0 Å². The van der Waals surface area contributed by atoms with Gasteiger partial charge in [0.2, 0.25) is 0 Å². The van der Waals surface area contributed by atoms with Crippen molar-refractivity contribution in [2.45, 2.75) is 40.0 Å². The molecule has 0 rings (SSSR count). The summed E-state index contributed by atoms with van der Waals surface area (Å²) in [7, 11) is 0. The molecule has 0 aromatic carbocycles. The lowest BCUT2D eigenvalue weighted by Crippen LogP contribution is -2.04. The first kappa shape index (κ1) is 9.60. The van der Waals surface area contributed by atoms with Crippen LogP contribution in [0.2, 0.25) is 0 Å². The number of nitroso groups, excluding NO2 is 1. The summed E-state index contributed by atoms with van der Waals surface area (Å²) < 4.78 is 0. The second-order valence-corrected chi connectivity index (χ2v) is 3.87. The molecule has 2 nitrogen and oxygen atoms in total. The first-order valence-corrected chi connectivity index (χ1v) is 3.85. The molecule has 0 saturated carbocycles. The largest absolute Gasteiger partial charge is 0.151 e. The van der Waals surface area contributed by atoms with Crippen molar-refractivity contribution in [1.82, 2.24) is 0 Å². The molecule has 0 fully saturated rings. The molecule has 2 heteroatoms. The number of nitrogens with zero attached hydrogens (tertiary/aromatic N) is 1. The fourth-order valence-corrected chi connectivity index (χ4v) is 0.832. The minimum absolute atomic E-state index is 0.406. The third-order valence-electron chi connectivity index (χ3n) is 1.43. The van der Waals surface area contributed by atoms with Gasteiger partial charge in [-0.3, -0.25) is 0 Å². The molecule has 60 valence electrons.